The van der Waals surface area contributed by atoms with Crippen LogP contribution in [0.2, 0.25) is 0 Å². The lowest BCUT2D eigenvalue weighted by molar-refractivity contribution is -0.122. The Hall–Kier alpha value is -2.63. The highest BCUT2D eigenvalue weighted by molar-refractivity contribution is 5.95. The highest BCUT2D eigenvalue weighted by Gasteiger charge is 2.29. The van der Waals surface area contributed by atoms with Gasteiger partial charge in [-0.3, -0.25) is 9.59 Å². The highest BCUT2D eigenvalue weighted by atomic mass is 16.2. The number of rotatable bonds is 6. The maximum Gasteiger partial charge on any atom is 0.254 e. The third-order valence-electron chi connectivity index (χ3n) is 4.26. The lowest BCUT2D eigenvalue weighted by Crippen LogP contribution is -2.35. The molecule has 6 nitrogen and oxygen atoms in total. The van der Waals surface area contributed by atoms with Gasteiger partial charge in [0.2, 0.25) is 5.91 Å². The van der Waals surface area contributed by atoms with Crippen LogP contribution in [0.1, 0.15) is 34.5 Å². The van der Waals surface area contributed by atoms with E-state index >= 15 is 0 Å². The summed E-state index contributed by atoms with van der Waals surface area (Å²) in [7, 11) is 0. The van der Waals surface area contributed by atoms with Crippen LogP contribution < -0.4 is 10.6 Å². The first-order chi connectivity index (χ1) is 11.6. The number of nitrogens with one attached hydrogen (secondary N) is 2. The highest BCUT2D eigenvalue weighted by Crippen LogP contribution is 2.28. The predicted molar refractivity (Wildman–Crippen MR) is 91.1 cm³/mol. The number of carbonyl (C=O) groups excluding carboxylic acids is 2. The van der Waals surface area contributed by atoms with E-state index in [4.69, 9.17) is 0 Å². The van der Waals surface area contributed by atoms with Crippen LogP contribution in [-0.4, -0.2) is 34.7 Å². The molecule has 2 amide bonds. The molecule has 2 aromatic rings. The molecule has 1 fully saturated rings. The fraction of sp³-hybridized carbons (Fsp3) is 0.389. The molecule has 1 aromatic carbocycles. The van der Waals surface area contributed by atoms with E-state index in [1.165, 1.54) is 0 Å². The molecule has 0 radical (unpaired) electrons. The van der Waals surface area contributed by atoms with E-state index in [1.54, 1.807) is 10.9 Å². The van der Waals surface area contributed by atoms with Crippen molar-refractivity contribution in [3.63, 3.8) is 0 Å². The van der Waals surface area contributed by atoms with Gasteiger partial charge in [-0.25, -0.2) is 4.68 Å². The van der Waals surface area contributed by atoms with E-state index in [2.05, 4.69) is 15.7 Å². The summed E-state index contributed by atoms with van der Waals surface area (Å²) in [6.07, 6.45) is 3.55. The zero-order chi connectivity index (χ0) is 17.1. The van der Waals surface area contributed by atoms with Crippen LogP contribution in [0.3, 0.4) is 0 Å². The van der Waals surface area contributed by atoms with Crippen LogP contribution in [0, 0.1) is 19.8 Å². The Morgan fingerprint density at radius 3 is 2.58 bits per heavy atom. The number of para-hydroxylation sites is 1. The van der Waals surface area contributed by atoms with Crippen molar-refractivity contribution < 1.29 is 9.59 Å². The number of nitrogens with zero attached hydrogens (tertiary/aromatic N) is 2. The Balaban J connectivity index is 1.59. The second kappa shape index (κ2) is 6.86. The number of hydrogen-bond acceptors (Lipinski definition) is 3. The first kappa shape index (κ1) is 16.2. The van der Waals surface area contributed by atoms with Crippen molar-refractivity contribution in [1.82, 2.24) is 20.4 Å². The van der Waals surface area contributed by atoms with E-state index in [-0.39, 0.29) is 17.7 Å². The summed E-state index contributed by atoms with van der Waals surface area (Å²) in [5.41, 5.74) is 3.40. The summed E-state index contributed by atoms with van der Waals surface area (Å²) >= 11 is 0. The van der Waals surface area contributed by atoms with Crippen molar-refractivity contribution >= 4 is 11.8 Å². The number of benzene rings is 1. The SMILES string of the molecule is Cc1ccccc1-n1ncc(C(=O)NCCNC(=O)C2CC2)c1C. The molecule has 1 saturated carbocycles. The Labute approximate surface area is 141 Å². The second-order valence-electron chi connectivity index (χ2n) is 6.16. The Morgan fingerprint density at radius 1 is 1.17 bits per heavy atom. The zero-order valence-electron chi connectivity index (χ0n) is 14.0. The van der Waals surface area contributed by atoms with Crippen molar-refractivity contribution in [2.45, 2.75) is 26.7 Å². The molecule has 0 saturated heterocycles. The normalized spacial score (nSPS) is 13.6. The molecule has 6 heteroatoms. The predicted octanol–water partition coefficient (Wildman–Crippen LogP) is 1.75. The molecule has 1 aliphatic carbocycles. The van der Waals surface area contributed by atoms with Crippen molar-refractivity contribution in [2.75, 3.05) is 13.1 Å². The van der Waals surface area contributed by atoms with E-state index in [0.29, 0.717) is 18.7 Å². The van der Waals surface area contributed by atoms with Crippen LogP contribution in [0.5, 0.6) is 0 Å². The smallest absolute Gasteiger partial charge is 0.254 e. The third kappa shape index (κ3) is 3.48. The number of amides is 2. The fourth-order valence-corrected chi connectivity index (χ4v) is 2.62. The summed E-state index contributed by atoms with van der Waals surface area (Å²) in [6, 6.07) is 7.91. The molecule has 126 valence electrons. The molecule has 24 heavy (non-hydrogen) atoms. The maximum absolute atomic E-state index is 12.3. The van der Waals surface area contributed by atoms with Crippen molar-refractivity contribution in [1.29, 1.82) is 0 Å². The van der Waals surface area contributed by atoms with Gasteiger partial charge in [-0.05, 0) is 38.3 Å². The average molecular weight is 326 g/mol. The first-order valence-corrected chi connectivity index (χ1v) is 8.24. The minimum absolute atomic E-state index is 0.0906. The van der Waals surface area contributed by atoms with Crippen molar-refractivity contribution in [2.24, 2.45) is 5.92 Å². The molecule has 3 rings (SSSR count). The van der Waals surface area contributed by atoms with E-state index in [1.807, 2.05) is 38.1 Å². The second-order valence-corrected chi connectivity index (χ2v) is 6.16. The number of aromatic nitrogens is 2. The van der Waals surface area contributed by atoms with Crippen molar-refractivity contribution in [3.8, 4) is 5.69 Å². The van der Waals surface area contributed by atoms with Crippen molar-refractivity contribution in [3.05, 3.63) is 47.3 Å². The molecular weight excluding hydrogens is 304 g/mol. The maximum atomic E-state index is 12.3. The lowest BCUT2D eigenvalue weighted by Gasteiger charge is -2.09. The fourth-order valence-electron chi connectivity index (χ4n) is 2.62. The Bertz CT molecular complexity index is 762. The monoisotopic (exact) mass is 326 g/mol. The summed E-state index contributed by atoms with van der Waals surface area (Å²) in [5, 5.41) is 10.00. The molecule has 0 spiro atoms. The largest absolute Gasteiger partial charge is 0.354 e. The molecule has 0 bridgehead atoms. The van der Waals surface area contributed by atoms with Crippen LogP contribution in [0.4, 0.5) is 0 Å². The van der Waals surface area contributed by atoms with Gasteiger partial charge in [0.1, 0.15) is 0 Å². The van der Waals surface area contributed by atoms with Gasteiger partial charge in [-0.2, -0.15) is 5.10 Å². The Kier molecular flexibility index (Phi) is 4.64. The minimum Gasteiger partial charge on any atom is -0.354 e. The molecule has 0 atom stereocenters. The first-order valence-electron chi connectivity index (χ1n) is 8.24. The standard InChI is InChI=1S/C18H22N4O2/c1-12-5-3-4-6-16(12)22-13(2)15(11-21-22)18(24)20-10-9-19-17(23)14-7-8-14/h3-6,11,14H,7-10H2,1-2H3,(H,19,23)(H,20,24). The van der Waals surface area contributed by atoms with Crippen LogP contribution >= 0.6 is 0 Å². The summed E-state index contributed by atoms with van der Waals surface area (Å²) in [4.78, 5) is 23.8. The molecule has 0 unspecified atom stereocenters. The molecule has 0 aliphatic heterocycles. The van der Waals surface area contributed by atoms with E-state index < -0.39 is 0 Å². The van der Waals surface area contributed by atoms with Gasteiger partial charge in [-0.15, -0.1) is 0 Å². The van der Waals surface area contributed by atoms with Crippen LogP contribution in [-0.2, 0) is 4.79 Å². The van der Waals surface area contributed by atoms with Gasteiger partial charge in [-0.1, -0.05) is 18.2 Å². The third-order valence-corrected chi connectivity index (χ3v) is 4.26. The van der Waals surface area contributed by atoms with Gasteiger partial charge in [0.15, 0.2) is 0 Å². The summed E-state index contributed by atoms with van der Waals surface area (Å²) < 4.78 is 1.78. The van der Waals surface area contributed by atoms with Gasteiger partial charge >= 0.3 is 0 Å². The Morgan fingerprint density at radius 2 is 1.88 bits per heavy atom. The van der Waals surface area contributed by atoms with E-state index in [9.17, 15) is 9.59 Å². The number of carbonyl (C=O) groups is 2. The van der Waals surface area contributed by atoms with Gasteiger partial charge in [0.05, 0.1) is 23.1 Å². The number of hydrogen-bond donors (Lipinski definition) is 2. The van der Waals surface area contributed by atoms with E-state index in [0.717, 1.165) is 29.8 Å². The van der Waals surface area contributed by atoms with Gasteiger partial charge in [0.25, 0.3) is 5.91 Å². The lowest BCUT2D eigenvalue weighted by atomic mass is 10.2. The van der Waals surface area contributed by atoms with Crippen LogP contribution in [0.25, 0.3) is 5.69 Å². The summed E-state index contributed by atoms with van der Waals surface area (Å²) in [5.74, 6) is 0.107. The molecule has 1 heterocycles. The topological polar surface area (TPSA) is 76.0 Å². The minimum atomic E-state index is -0.173. The number of aryl methyl sites for hydroxylation is 1. The quantitative estimate of drug-likeness (QED) is 0.794. The molecule has 1 aliphatic rings. The van der Waals surface area contributed by atoms with Crippen LogP contribution in [0.15, 0.2) is 30.5 Å². The van der Waals surface area contributed by atoms with Gasteiger partial charge in [0, 0.05) is 19.0 Å². The van der Waals surface area contributed by atoms with Gasteiger partial charge < -0.3 is 10.6 Å². The zero-order valence-corrected chi connectivity index (χ0v) is 14.0. The average Bonchev–Trinajstić information content (AvgIpc) is 3.35. The molecular formula is C18H22N4O2. The summed E-state index contributed by atoms with van der Waals surface area (Å²) in [6.45, 7) is 4.75. The molecule has 2 N–H and O–H groups in total. The molecule has 1 aromatic heterocycles.